The highest BCUT2D eigenvalue weighted by molar-refractivity contribution is 9.10. The van der Waals surface area contributed by atoms with Gasteiger partial charge in [0.25, 0.3) is 5.91 Å². The first-order valence-corrected chi connectivity index (χ1v) is 15.3. The van der Waals surface area contributed by atoms with Crippen molar-refractivity contribution in [3.63, 3.8) is 0 Å². The van der Waals surface area contributed by atoms with Crippen molar-refractivity contribution in [1.29, 1.82) is 0 Å². The minimum Gasteiger partial charge on any atom is -0.456 e. The van der Waals surface area contributed by atoms with Gasteiger partial charge in [0.15, 0.2) is 6.61 Å². The van der Waals surface area contributed by atoms with Crippen LogP contribution in [0.4, 0.5) is 5.69 Å². The van der Waals surface area contributed by atoms with E-state index in [0.717, 1.165) is 15.6 Å². The van der Waals surface area contributed by atoms with Gasteiger partial charge in [0.05, 0.1) is 11.8 Å². The van der Waals surface area contributed by atoms with E-state index >= 15 is 0 Å². The molecule has 2 bridgehead atoms. The average Bonchev–Trinajstić information content (AvgIpc) is 3.24. The summed E-state index contributed by atoms with van der Waals surface area (Å²) in [7, 11) is 0. The van der Waals surface area contributed by atoms with Crippen molar-refractivity contribution in [3.8, 4) is 0 Å². The average molecular weight is 630 g/mol. The summed E-state index contributed by atoms with van der Waals surface area (Å²) in [5.41, 5.74) is 7.25. The zero-order chi connectivity index (χ0) is 29.5. The van der Waals surface area contributed by atoms with E-state index in [9.17, 15) is 19.2 Å². The number of likely N-dealkylation sites (tertiary alicyclic amines) is 1. The van der Waals surface area contributed by atoms with E-state index in [0.29, 0.717) is 31.5 Å². The molecule has 3 aliphatic carbocycles. The molecule has 1 heterocycles. The number of aryl methyl sites for hydroxylation is 2. The number of hydrogen-bond acceptors (Lipinski definition) is 5. The second kappa shape index (κ2) is 11.5. The van der Waals surface area contributed by atoms with E-state index in [-0.39, 0.29) is 54.4 Å². The second-order valence-electron chi connectivity index (χ2n) is 11.5. The van der Waals surface area contributed by atoms with E-state index in [4.69, 9.17) is 4.74 Å². The number of rotatable bonds is 9. The van der Waals surface area contributed by atoms with Gasteiger partial charge in [0.2, 0.25) is 11.8 Å². The highest BCUT2D eigenvalue weighted by Crippen LogP contribution is 2.60. The molecule has 2 atom stereocenters. The first-order chi connectivity index (χ1) is 20.3. The number of nitrogens with zero attached hydrogens (tertiary/aromatic N) is 1. The van der Waals surface area contributed by atoms with Gasteiger partial charge in [0.1, 0.15) is 0 Å². The molecule has 1 N–H and O–H groups in total. The van der Waals surface area contributed by atoms with E-state index in [1.165, 1.54) is 27.2 Å². The molecule has 7 nitrogen and oxygen atoms in total. The van der Waals surface area contributed by atoms with Crippen LogP contribution in [0.25, 0.3) is 0 Å². The SMILES string of the molecule is Cc1cc(NC(=O)COC(=O)CCCCCN2C(=O)[C@H]3C4c5ccccc5C(c5ccccc54)[C@@H]3C2=O)c(C)cc1Br. The molecular formula is C34H33BrN2O5. The van der Waals surface area contributed by atoms with Crippen LogP contribution < -0.4 is 5.32 Å². The second-order valence-corrected chi connectivity index (χ2v) is 12.4. The Balaban J connectivity index is 0.992. The van der Waals surface area contributed by atoms with Crippen LogP contribution in [0, 0.1) is 25.7 Å². The summed E-state index contributed by atoms with van der Waals surface area (Å²) in [6.07, 6.45) is 2.00. The minimum absolute atomic E-state index is 0.0781. The Morgan fingerprint density at radius 3 is 1.90 bits per heavy atom. The van der Waals surface area contributed by atoms with Crippen LogP contribution in [0.3, 0.4) is 0 Å². The first-order valence-electron chi connectivity index (χ1n) is 14.5. The number of unbranched alkanes of at least 4 members (excludes halogenated alkanes) is 2. The molecule has 42 heavy (non-hydrogen) atoms. The normalized spacial score (nSPS) is 21.5. The van der Waals surface area contributed by atoms with Crippen LogP contribution in [-0.4, -0.2) is 41.7 Å². The molecule has 0 unspecified atom stereocenters. The third-order valence-corrected chi connectivity index (χ3v) is 9.80. The molecule has 0 saturated carbocycles. The zero-order valence-electron chi connectivity index (χ0n) is 23.7. The fraction of sp³-hybridized carbons (Fsp3) is 0.353. The van der Waals surface area contributed by atoms with Gasteiger partial charge in [-0.2, -0.15) is 0 Å². The number of carbonyl (C=O) groups is 4. The van der Waals surface area contributed by atoms with Crippen LogP contribution >= 0.6 is 15.9 Å². The van der Waals surface area contributed by atoms with E-state index < -0.39 is 5.97 Å². The predicted octanol–water partition coefficient (Wildman–Crippen LogP) is 6.00. The maximum Gasteiger partial charge on any atom is 0.306 e. The van der Waals surface area contributed by atoms with Crippen molar-refractivity contribution >= 4 is 45.3 Å². The number of anilines is 1. The van der Waals surface area contributed by atoms with E-state index in [1.54, 1.807) is 0 Å². The highest BCUT2D eigenvalue weighted by Gasteiger charge is 2.61. The summed E-state index contributed by atoms with van der Waals surface area (Å²) in [5.74, 6) is -1.91. The van der Waals surface area contributed by atoms with Gasteiger partial charge >= 0.3 is 5.97 Å². The number of amides is 3. The standard InChI is InChI=1S/C34H33BrN2O5/c1-19-17-26(20(2)16-25(19)35)36-27(38)18-42-28(39)14-4-3-9-15-37-33(40)31-29-21-10-5-6-11-22(21)30(32(31)34(37)41)24-13-8-7-12-23(24)29/h5-8,10-13,16-17,29-32H,3-4,9,14-15,18H2,1-2H3,(H,36,38)/t29?,30?,31-,32-/m0/s1. The molecule has 1 saturated heterocycles. The molecule has 3 aromatic carbocycles. The highest BCUT2D eigenvalue weighted by atomic mass is 79.9. The fourth-order valence-corrected chi connectivity index (χ4v) is 7.45. The summed E-state index contributed by atoms with van der Waals surface area (Å²) < 4.78 is 6.12. The van der Waals surface area contributed by atoms with Crippen LogP contribution in [-0.2, 0) is 23.9 Å². The largest absolute Gasteiger partial charge is 0.456 e. The van der Waals surface area contributed by atoms with E-state index in [1.807, 2.05) is 50.2 Å². The van der Waals surface area contributed by atoms with Gasteiger partial charge in [-0.1, -0.05) is 70.9 Å². The lowest BCUT2D eigenvalue weighted by Crippen LogP contribution is -2.41. The molecule has 3 amide bonds. The summed E-state index contributed by atoms with van der Waals surface area (Å²) in [6.45, 7) is 3.83. The summed E-state index contributed by atoms with van der Waals surface area (Å²) >= 11 is 3.47. The molecule has 216 valence electrons. The van der Waals surface area contributed by atoms with Crippen LogP contribution in [0.5, 0.6) is 0 Å². The number of imide groups is 1. The van der Waals surface area contributed by atoms with Gasteiger partial charge in [0, 0.05) is 35.0 Å². The molecular weight excluding hydrogens is 596 g/mol. The molecule has 0 radical (unpaired) electrons. The van der Waals surface area contributed by atoms with Crippen LogP contribution in [0.1, 0.15) is 70.9 Å². The summed E-state index contributed by atoms with van der Waals surface area (Å²) in [5, 5.41) is 2.79. The Morgan fingerprint density at radius 1 is 0.810 bits per heavy atom. The Hall–Kier alpha value is -3.78. The number of esters is 1. The maximum atomic E-state index is 13.7. The van der Waals surface area contributed by atoms with Crippen molar-refractivity contribution in [2.45, 2.75) is 51.4 Å². The molecule has 0 spiro atoms. The van der Waals surface area contributed by atoms with Gasteiger partial charge in [-0.25, -0.2) is 0 Å². The quantitative estimate of drug-likeness (QED) is 0.178. The lowest BCUT2D eigenvalue weighted by molar-refractivity contribution is -0.147. The summed E-state index contributed by atoms with van der Waals surface area (Å²) in [4.78, 5) is 53.3. The molecule has 0 aromatic heterocycles. The third-order valence-electron chi connectivity index (χ3n) is 8.95. The van der Waals surface area contributed by atoms with Crippen molar-refractivity contribution in [3.05, 3.63) is 98.5 Å². The van der Waals surface area contributed by atoms with Gasteiger partial charge < -0.3 is 10.1 Å². The van der Waals surface area contributed by atoms with Crippen molar-refractivity contribution in [2.75, 3.05) is 18.5 Å². The molecule has 7 rings (SSSR count). The summed E-state index contributed by atoms with van der Waals surface area (Å²) in [6, 6.07) is 20.3. The smallest absolute Gasteiger partial charge is 0.306 e. The number of hydrogen-bond donors (Lipinski definition) is 1. The van der Waals surface area contributed by atoms with Crippen molar-refractivity contribution in [2.24, 2.45) is 11.8 Å². The number of halogens is 1. The maximum absolute atomic E-state index is 13.7. The molecule has 1 fully saturated rings. The third kappa shape index (κ3) is 4.96. The number of carbonyl (C=O) groups excluding carboxylic acids is 4. The Kier molecular flexibility index (Phi) is 7.75. The van der Waals surface area contributed by atoms with Gasteiger partial charge in [-0.3, -0.25) is 24.1 Å². The Bertz CT molecular complexity index is 1480. The molecule has 4 aliphatic rings. The number of nitrogens with one attached hydrogen (secondary N) is 1. The Morgan fingerprint density at radius 2 is 1.36 bits per heavy atom. The van der Waals surface area contributed by atoms with Gasteiger partial charge in [-0.05, 0) is 72.2 Å². The topological polar surface area (TPSA) is 92.8 Å². The molecule has 3 aromatic rings. The minimum atomic E-state index is -0.444. The fourth-order valence-electron chi connectivity index (χ4n) is 7.00. The van der Waals surface area contributed by atoms with Crippen molar-refractivity contribution < 1.29 is 23.9 Å². The van der Waals surface area contributed by atoms with Crippen LogP contribution in [0.2, 0.25) is 0 Å². The lowest BCUT2D eigenvalue weighted by atomic mass is 9.55. The van der Waals surface area contributed by atoms with Crippen LogP contribution in [0.15, 0.2) is 65.1 Å². The predicted molar refractivity (Wildman–Crippen MR) is 162 cm³/mol. The van der Waals surface area contributed by atoms with E-state index in [2.05, 4.69) is 45.5 Å². The monoisotopic (exact) mass is 628 g/mol. The Labute approximate surface area is 253 Å². The first kappa shape index (κ1) is 28.3. The van der Waals surface area contributed by atoms with Gasteiger partial charge in [-0.15, -0.1) is 0 Å². The number of ether oxygens (including phenoxy) is 1. The molecule has 1 aliphatic heterocycles. The van der Waals surface area contributed by atoms with Crippen molar-refractivity contribution in [1.82, 2.24) is 4.90 Å². The molecule has 8 heteroatoms. The zero-order valence-corrected chi connectivity index (χ0v) is 25.3. The number of benzene rings is 3. The lowest BCUT2D eigenvalue weighted by Gasteiger charge is -2.45.